The van der Waals surface area contributed by atoms with Gasteiger partial charge >= 0.3 is 0 Å². The minimum absolute atomic E-state index is 0.126. The van der Waals surface area contributed by atoms with Crippen molar-refractivity contribution in [3.05, 3.63) is 56.6 Å². The van der Waals surface area contributed by atoms with Crippen molar-refractivity contribution >= 4 is 39.3 Å². The smallest absolute Gasteiger partial charge is 0.233 e. The van der Waals surface area contributed by atoms with Crippen molar-refractivity contribution in [2.24, 2.45) is 17.8 Å². The lowest BCUT2D eigenvalue weighted by molar-refractivity contribution is -0.138. The van der Waals surface area contributed by atoms with Crippen LogP contribution >= 0.6 is 15.9 Å². The van der Waals surface area contributed by atoms with Gasteiger partial charge < -0.3 is 9.84 Å². The van der Waals surface area contributed by atoms with Crippen molar-refractivity contribution in [3.8, 4) is 11.5 Å². The lowest BCUT2D eigenvalue weighted by Gasteiger charge is -2.42. The molecule has 1 N–H and O–H groups in total. The molecule has 170 valence electrons. The quantitative estimate of drug-likeness (QED) is 0.371. The number of ether oxygens (including phenoxy) is 1. The third-order valence-electron chi connectivity index (χ3n) is 7.38. The normalized spacial score (nSPS) is 28.9. The zero-order chi connectivity index (χ0) is 23.8. The van der Waals surface area contributed by atoms with Gasteiger partial charge in [0.05, 0.1) is 18.9 Å². The van der Waals surface area contributed by atoms with Gasteiger partial charge in [-0.2, -0.15) is 0 Å². The number of halogens is 1. The van der Waals surface area contributed by atoms with E-state index in [2.05, 4.69) is 15.9 Å². The number of amides is 2. The van der Waals surface area contributed by atoms with Gasteiger partial charge in [0.2, 0.25) is 11.8 Å². The van der Waals surface area contributed by atoms with Gasteiger partial charge in [-0.1, -0.05) is 27.6 Å². The fraction of sp³-hybridized carbons (Fsp3) is 0.360. The third-order valence-corrected chi connectivity index (χ3v) is 7.84. The number of rotatable bonds is 2. The molecule has 1 saturated heterocycles. The molecule has 2 amide bonds. The van der Waals surface area contributed by atoms with E-state index in [0.29, 0.717) is 33.2 Å². The number of hydrogen-bond donors (Lipinski definition) is 1. The molecule has 0 unspecified atom stereocenters. The van der Waals surface area contributed by atoms with Crippen LogP contribution in [0.25, 0.3) is 0 Å². The summed E-state index contributed by atoms with van der Waals surface area (Å²) in [6.07, 6.45) is 3.84. The number of likely N-dealkylation sites (tertiary alicyclic amines) is 1. The van der Waals surface area contributed by atoms with Crippen molar-refractivity contribution < 1.29 is 29.0 Å². The number of phenols is 1. The highest BCUT2D eigenvalue weighted by molar-refractivity contribution is 9.10. The number of ketones is 2. The van der Waals surface area contributed by atoms with Gasteiger partial charge in [-0.05, 0) is 43.9 Å². The first-order chi connectivity index (χ1) is 15.6. The average molecular weight is 512 g/mol. The second-order valence-corrected chi connectivity index (χ2v) is 9.93. The standard InChI is InChI=1S/C25H22BrNO6/c1-10-6-17(28)21-16(22(10)29)9-14-12(4-5-13-20(14)25(32)27(2)24(13)31)19(21)15-7-11(26)8-18(33-3)23(15)30/h4,6-8,13-14,19-20,30H,5,9H2,1-3H3/t13-,14+,19+,20-/m0/s1. The number of Topliss-reactive ketones (excluding diaryl/α,β-unsaturated/α-hetero) is 1. The van der Waals surface area contributed by atoms with Crippen molar-refractivity contribution in [2.75, 3.05) is 14.2 Å². The molecule has 5 rings (SSSR count). The topological polar surface area (TPSA) is 101 Å². The van der Waals surface area contributed by atoms with E-state index < -0.39 is 23.7 Å². The second-order valence-electron chi connectivity index (χ2n) is 9.01. The van der Waals surface area contributed by atoms with Gasteiger partial charge in [-0.25, -0.2) is 0 Å². The molecule has 7 nitrogen and oxygen atoms in total. The van der Waals surface area contributed by atoms with E-state index in [9.17, 15) is 24.3 Å². The zero-order valence-corrected chi connectivity index (χ0v) is 19.9. The van der Waals surface area contributed by atoms with Crippen molar-refractivity contribution in [1.29, 1.82) is 0 Å². The molecule has 3 aliphatic carbocycles. The molecule has 0 bridgehead atoms. The van der Waals surface area contributed by atoms with Gasteiger partial charge in [-0.3, -0.25) is 24.1 Å². The molecule has 1 aromatic rings. The Morgan fingerprint density at radius 1 is 1.12 bits per heavy atom. The van der Waals surface area contributed by atoms with Crippen LogP contribution in [-0.2, 0) is 19.2 Å². The lowest BCUT2D eigenvalue weighted by Crippen LogP contribution is -2.39. The van der Waals surface area contributed by atoms with Crippen LogP contribution in [0.3, 0.4) is 0 Å². The Balaban J connectivity index is 1.76. The van der Waals surface area contributed by atoms with E-state index in [0.717, 1.165) is 5.57 Å². The van der Waals surface area contributed by atoms with E-state index in [1.165, 1.54) is 25.1 Å². The number of benzene rings is 1. The van der Waals surface area contributed by atoms with Crippen LogP contribution in [0, 0.1) is 17.8 Å². The van der Waals surface area contributed by atoms with E-state index in [1.54, 1.807) is 19.1 Å². The lowest BCUT2D eigenvalue weighted by atomic mass is 9.59. The molecule has 8 heteroatoms. The Morgan fingerprint density at radius 2 is 1.85 bits per heavy atom. The highest BCUT2D eigenvalue weighted by Gasteiger charge is 2.55. The van der Waals surface area contributed by atoms with E-state index in [-0.39, 0.29) is 41.3 Å². The number of fused-ring (bicyclic) bond motifs is 3. The molecule has 0 radical (unpaired) electrons. The number of methoxy groups -OCH3 is 1. The van der Waals surface area contributed by atoms with Crippen molar-refractivity contribution in [2.45, 2.75) is 25.7 Å². The minimum Gasteiger partial charge on any atom is -0.504 e. The fourth-order valence-electron chi connectivity index (χ4n) is 5.86. The van der Waals surface area contributed by atoms with Gasteiger partial charge in [0, 0.05) is 39.7 Å². The summed E-state index contributed by atoms with van der Waals surface area (Å²) < 4.78 is 5.96. The van der Waals surface area contributed by atoms with Crippen LogP contribution in [0.4, 0.5) is 0 Å². The van der Waals surface area contributed by atoms with Crippen LogP contribution in [0.15, 0.2) is 51.0 Å². The molecule has 0 aromatic heterocycles. The molecule has 33 heavy (non-hydrogen) atoms. The Labute approximate surface area is 198 Å². The Kier molecular flexibility index (Phi) is 4.97. The van der Waals surface area contributed by atoms with Crippen molar-refractivity contribution in [3.63, 3.8) is 0 Å². The number of hydrogen-bond acceptors (Lipinski definition) is 6. The Morgan fingerprint density at radius 3 is 2.55 bits per heavy atom. The molecule has 1 fully saturated rings. The molecule has 0 spiro atoms. The number of allylic oxidation sites excluding steroid dienone is 6. The number of carbonyl (C=O) groups excluding carboxylic acids is 4. The first-order valence-electron chi connectivity index (χ1n) is 10.7. The highest BCUT2D eigenvalue weighted by atomic mass is 79.9. The number of carbonyl (C=O) groups is 4. The molecular formula is C25H22BrNO6. The van der Waals surface area contributed by atoms with Crippen LogP contribution in [0.1, 0.15) is 31.2 Å². The van der Waals surface area contributed by atoms with Crippen LogP contribution in [0.2, 0.25) is 0 Å². The molecule has 1 heterocycles. The second kappa shape index (κ2) is 7.52. The summed E-state index contributed by atoms with van der Waals surface area (Å²) in [6.45, 7) is 1.60. The Bertz CT molecular complexity index is 1260. The van der Waals surface area contributed by atoms with Gasteiger partial charge in [-0.15, -0.1) is 0 Å². The summed E-state index contributed by atoms with van der Waals surface area (Å²) in [5.41, 5.74) is 2.24. The number of nitrogens with zero attached hydrogens (tertiary/aromatic N) is 1. The molecular weight excluding hydrogens is 490 g/mol. The molecule has 0 saturated carbocycles. The van der Waals surface area contributed by atoms with Crippen LogP contribution < -0.4 is 4.74 Å². The minimum atomic E-state index is -0.722. The summed E-state index contributed by atoms with van der Waals surface area (Å²) in [7, 11) is 2.92. The van der Waals surface area contributed by atoms with Gasteiger partial charge in [0.15, 0.2) is 23.1 Å². The van der Waals surface area contributed by atoms with E-state index in [4.69, 9.17) is 4.74 Å². The predicted octanol–water partition coefficient (Wildman–Crippen LogP) is 3.22. The summed E-state index contributed by atoms with van der Waals surface area (Å²) >= 11 is 3.44. The largest absolute Gasteiger partial charge is 0.504 e. The maximum absolute atomic E-state index is 13.2. The van der Waals surface area contributed by atoms with Gasteiger partial charge in [0.1, 0.15) is 0 Å². The fourth-order valence-corrected chi connectivity index (χ4v) is 6.32. The van der Waals surface area contributed by atoms with E-state index >= 15 is 0 Å². The first-order valence-corrected chi connectivity index (χ1v) is 11.5. The number of phenolic OH excluding ortho intramolecular Hbond substituents is 1. The monoisotopic (exact) mass is 511 g/mol. The van der Waals surface area contributed by atoms with Gasteiger partial charge in [0.25, 0.3) is 0 Å². The number of aromatic hydroxyl groups is 1. The van der Waals surface area contributed by atoms with Crippen LogP contribution in [0.5, 0.6) is 11.5 Å². The molecule has 4 aliphatic rings. The summed E-state index contributed by atoms with van der Waals surface area (Å²) in [6, 6.07) is 3.32. The molecule has 4 atom stereocenters. The third kappa shape index (κ3) is 3.00. The maximum Gasteiger partial charge on any atom is 0.233 e. The summed E-state index contributed by atoms with van der Waals surface area (Å²) in [5.74, 6) is -3.10. The first kappa shape index (κ1) is 21.8. The number of imide groups is 1. The summed E-state index contributed by atoms with van der Waals surface area (Å²) in [5, 5.41) is 11.0. The molecule has 1 aromatic carbocycles. The van der Waals surface area contributed by atoms with Crippen LogP contribution in [-0.4, -0.2) is 47.5 Å². The molecule has 1 aliphatic heterocycles. The average Bonchev–Trinajstić information content (AvgIpc) is 3.01. The SMILES string of the molecule is COc1cc(Br)cc([C@H]2C3=CC[C@@H]4C(=O)N(C)C(=O)[C@@H]4[C@@H]3CC3=C2C(=O)C=C(C)C3=O)c1O. The predicted molar refractivity (Wildman–Crippen MR) is 121 cm³/mol. The maximum atomic E-state index is 13.2. The highest BCUT2D eigenvalue weighted by Crippen LogP contribution is 2.56. The van der Waals surface area contributed by atoms with Crippen molar-refractivity contribution in [1.82, 2.24) is 4.90 Å². The Hall–Kier alpha value is -3.00. The summed E-state index contributed by atoms with van der Waals surface area (Å²) in [4.78, 5) is 53.3. The zero-order valence-electron chi connectivity index (χ0n) is 18.3. The van der Waals surface area contributed by atoms with E-state index in [1.807, 2.05) is 6.08 Å².